The molecule has 176 valence electrons. The zero-order valence-electron chi connectivity index (χ0n) is 19.0. The van der Waals surface area contributed by atoms with Crippen molar-refractivity contribution in [3.8, 4) is 6.07 Å². The summed E-state index contributed by atoms with van der Waals surface area (Å²) in [6, 6.07) is 23.7. The third kappa shape index (κ3) is 3.96. The molecule has 0 bridgehead atoms. The van der Waals surface area contributed by atoms with E-state index >= 15 is 0 Å². The highest BCUT2D eigenvalue weighted by atomic mass is 35.5. The standard InChI is InChI=1S/C27H22Cl2N4O2/c1-31-26(35)33(23-12-21(28)11-22(29)13-23)25(34)27(31)17-32(15-19-5-3-2-4-6-19)16-24(27)20-9-7-18(14-30)8-10-20/h2-13,24H,15-17H2,1H3. The van der Waals surface area contributed by atoms with Gasteiger partial charge in [0, 0.05) is 42.6 Å². The number of hydrogen-bond donors (Lipinski definition) is 0. The Labute approximate surface area is 213 Å². The molecule has 3 aromatic carbocycles. The fourth-order valence-electron chi connectivity index (χ4n) is 5.26. The molecule has 0 saturated carbocycles. The van der Waals surface area contributed by atoms with Crippen LogP contribution in [0, 0.1) is 11.3 Å². The number of carbonyl (C=O) groups is 2. The van der Waals surface area contributed by atoms with E-state index in [9.17, 15) is 14.9 Å². The van der Waals surface area contributed by atoms with Crippen LogP contribution in [-0.4, -0.2) is 47.4 Å². The molecule has 2 aliphatic rings. The number of urea groups is 1. The number of anilines is 1. The minimum atomic E-state index is -1.12. The van der Waals surface area contributed by atoms with Crippen molar-refractivity contribution in [2.24, 2.45) is 0 Å². The summed E-state index contributed by atoms with van der Waals surface area (Å²) >= 11 is 12.4. The Morgan fingerprint density at radius 3 is 2.29 bits per heavy atom. The van der Waals surface area contributed by atoms with Gasteiger partial charge in [0.25, 0.3) is 5.91 Å². The second-order valence-corrected chi connectivity index (χ2v) is 9.85. The van der Waals surface area contributed by atoms with Gasteiger partial charge in [-0.1, -0.05) is 65.7 Å². The molecule has 2 heterocycles. The Hall–Kier alpha value is -3.37. The van der Waals surface area contributed by atoms with Gasteiger partial charge in [-0.15, -0.1) is 0 Å². The number of nitriles is 1. The van der Waals surface area contributed by atoms with E-state index in [4.69, 9.17) is 23.2 Å². The average Bonchev–Trinajstić information content (AvgIpc) is 3.31. The number of carbonyl (C=O) groups excluding carboxylic acids is 2. The number of nitrogens with zero attached hydrogens (tertiary/aromatic N) is 4. The fourth-order valence-corrected chi connectivity index (χ4v) is 5.77. The van der Waals surface area contributed by atoms with E-state index < -0.39 is 11.6 Å². The number of benzene rings is 3. The number of likely N-dealkylation sites (N-methyl/N-ethyl adjacent to an activating group) is 1. The molecule has 8 heteroatoms. The molecule has 1 spiro atoms. The van der Waals surface area contributed by atoms with Gasteiger partial charge in [-0.25, -0.2) is 9.69 Å². The lowest BCUT2D eigenvalue weighted by atomic mass is 9.80. The van der Waals surface area contributed by atoms with Crippen LogP contribution in [0.1, 0.15) is 22.6 Å². The Bertz CT molecular complexity index is 1320. The van der Waals surface area contributed by atoms with Crippen molar-refractivity contribution in [1.29, 1.82) is 5.26 Å². The average molecular weight is 505 g/mol. The predicted molar refractivity (Wildman–Crippen MR) is 135 cm³/mol. The highest BCUT2D eigenvalue weighted by Crippen LogP contribution is 2.47. The summed E-state index contributed by atoms with van der Waals surface area (Å²) in [5.41, 5.74) is 1.80. The summed E-state index contributed by atoms with van der Waals surface area (Å²) in [4.78, 5) is 32.6. The van der Waals surface area contributed by atoms with Crippen molar-refractivity contribution >= 4 is 40.8 Å². The first-order valence-electron chi connectivity index (χ1n) is 11.2. The van der Waals surface area contributed by atoms with E-state index in [-0.39, 0.29) is 11.8 Å². The molecular formula is C27H22Cl2N4O2. The number of halogens is 2. The fraction of sp³-hybridized carbons (Fsp3) is 0.222. The van der Waals surface area contributed by atoms with Crippen molar-refractivity contribution in [2.45, 2.75) is 18.0 Å². The molecular weight excluding hydrogens is 483 g/mol. The van der Waals surface area contributed by atoms with E-state index in [1.165, 1.54) is 4.90 Å². The molecule has 2 aliphatic heterocycles. The Morgan fingerprint density at radius 1 is 1.00 bits per heavy atom. The number of rotatable bonds is 4. The van der Waals surface area contributed by atoms with Gasteiger partial charge in [-0.05, 0) is 41.5 Å². The normalized spacial score (nSPS) is 22.3. The number of likely N-dealkylation sites (tertiary alicyclic amines) is 1. The number of imide groups is 1. The predicted octanol–water partition coefficient (Wildman–Crippen LogP) is 5.30. The summed E-state index contributed by atoms with van der Waals surface area (Å²) in [5, 5.41) is 9.93. The maximum absolute atomic E-state index is 14.2. The van der Waals surface area contributed by atoms with Gasteiger partial charge in [-0.2, -0.15) is 5.26 Å². The minimum absolute atomic E-state index is 0.292. The van der Waals surface area contributed by atoms with Gasteiger partial charge in [0.05, 0.1) is 17.3 Å². The second-order valence-electron chi connectivity index (χ2n) is 8.98. The quantitative estimate of drug-likeness (QED) is 0.452. The van der Waals surface area contributed by atoms with Gasteiger partial charge in [0.15, 0.2) is 0 Å². The van der Waals surface area contributed by atoms with E-state index in [1.54, 1.807) is 42.3 Å². The van der Waals surface area contributed by atoms with Crippen LogP contribution in [-0.2, 0) is 11.3 Å². The van der Waals surface area contributed by atoms with Crippen LogP contribution in [0.25, 0.3) is 0 Å². The minimum Gasteiger partial charge on any atom is -0.310 e. The third-order valence-electron chi connectivity index (χ3n) is 6.93. The largest absolute Gasteiger partial charge is 0.332 e. The van der Waals surface area contributed by atoms with Crippen molar-refractivity contribution in [3.63, 3.8) is 0 Å². The first-order valence-corrected chi connectivity index (χ1v) is 11.9. The third-order valence-corrected chi connectivity index (χ3v) is 7.37. The summed E-state index contributed by atoms with van der Waals surface area (Å²) in [7, 11) is 1.68. The van der Waals surface area contributed by atoms with Crippen LogP contribution in [0.2, 0.25) is 10.0 Å². The number of amides is 3. The molecule has 2 unspecified atom stereocenters. The lowest BCUT2D eigenvalue weighted by Crippen LogP contribution is -2.53. The lowest BCUT2D eigenvalue weighted by molar-refractivity contribution is -0.124. The Morgan fingerprint density at radius 2 is 1.66 bits per heavy atom. The maximum Gasteiger partial charge on any atom is 0.332 e. The Kier molecular flexibility index (Phi) is 6.02. The second kappa shape index (κ2) is 9.01. The highest BCUT2D eigenvalue weighted by molar-refractivity contribution is 6.35. The van der Waals surface area contributed by atoms with Crippen molar-refractivity contribution in [2.75, 3.05) is 25.0 Å². The van der Waals surface area contributed by atoms with E-state index in [2.05, 4.69) is 11.0 Å². The van der Waals surface area contributed by atoms with Gasteiger partial charge >= 0.3 is 6.03 Å². The number of hydrogen-bond acceptors (Lipinski definition) is 4. The first-order chi connectivity index (χ1) is 16.8. The Balaban J connectivity index is 1.58. The molecule has 0 radical (unpaired) electrons. The molecule has 2 fully saturated rings. The molecule has 5 rings (SSSR count). The maximum atomic E-state index is 14.2. The van der Waals surface area contributed by atoms with Crippen LogP contribution in [0.15, 0.2) is 72.8 Å². The van der Waals surface area contributed by atoms with Crippen molar-refractivity contribution in [1.82, 2.24) is 9.80 Å². The topological polar surface area (TPSA) is 67.7 Å². The van der Waals surface area contributed by atoms with Gasteiger partial charge in [-0.3, -0.25) is 9.69 Å². The van der Waals surface area contributed by atoms with E-state index in [1.807, 2.05) is 42.5 Å². The zero-order valence-corrected chi connectivity index (χ0v) is 20.5. The summed E-state index contributed by atoms with van der Waals surface area (Å²) in [5.74, 6) is -0.603. The first kappa shape index (κ1) is 23.4. The van der Waals surface area contributed by atoms with Crippen LogP contribution in [0.3, 0.4) is 0 Å². The summed E-state index contributed by atoms with van der Waals surface area (Å²) in [6.45, 7) is 1.60. The molecule has 2 atom stereocenters. The molecule has 0 N–H and O–H groups in total. The van der Waals surface area contributed by atoms with Gasteiger partial charge in [0.1, 0.15) is 5.54 Å². The summed E-state index contributed by atoms with van der Waals surface area (Å²) < 4.78 is 0. The van der Waals surface area contributed by atoms with Crippen LogP contribution in [0.4, 0.5) is 10.5 Å². The van der Waals surface area contributed by atoms with E-state index in [0.29, 0.717) is 40.9 Å². The molecule has 2 saturated heterocycles. The lowest BCUT2D eigenvalue weighted by Gasteiger charge is -2.34. The van der Waals surface area contributed by atoms with Crippen LogP contribution >= 0.6 is 23.2 Å². The van der Waals surface area contributed by atoms with Crippen molar-refractivity contribution < 1.29 is 9.59 Å². The smallest absolute Gasteiger partial charge is 0.310 e. The SMILES string of the molecule is CN1C(=O)N(c2cc(Cl)cc(Cl)c2)C(=O)C12CN(Cc1ccccc1)CC2c1ccc(C#N)cc1. The van der Waals surface area contributed by atoms with Gasteiger partial charge < -0.3 is 4.90 Å². The molecule has 6 nitrogen and oxygen atoms in total. The van der Waals surface area contributed by atoms with E-state index in [0.717, 1.165) is 11.1 Å². The van der Waals surface area contributed by atoms with Crippen LogP contribution in [0.5, 0.6) is 0 Å². The molecule has 35 heavy (non-hydrogen) atoms. The van der Waals surface area contributed by atoms with Gasteiger partial charge in [0.2, 0.25) is 0 Å². The molecule has 3 amide bonds. The highest BCUT2D eigenvalue weighted by Gasteiger charge is 2.64. The molecule has 0 aromatic heterocycles. The molecule has 3 aromatic rings. The van der Waals surface area contributed by atoms with Crippen molar-refractivity contribution in [3.05, 3.63) is 99.5 Å². The zero-order chi connectivity index (χ0) is 24.7. The molecule has 0 aliphatic carbocycles. The van der Waals surface area contributed by atoms with Crippen LogP contribution < -0.4 is 4.90 Å². The summed E-state index contributed by atoms with van der Waals surface area (Å²) in [6.07, 6.45) is 0. The monoisotopic (exact) mass is 504 g/mol.